The number of aromatic nitrogens is 1. The molecule has 23 heavy (non-hydrogen) atoms. The van der Waals surface area contributed by atoms with Crippen LogP contribution in [0.15, 0.2) is 34.7 Å². The molecule has 1 aromatic heterocycles. The van der Waals surface area contributed by atoms with Gasteiger partial charge in [0.1, 0.15) is 0 Å². The van der Waals surface area contributed by atoms with Gasteiger partial charge in [0.05, 0.1) is 11.4 Å². The Morgan fingerprint density at radius 2 is 1.74 bits per heavy atom. The van der Waals surface area contributed by atoms with Crippen LogP contribution in [0, 0.1) is 0 Å². The van der Waals surface area contributed by atoms with Gasteiger partial charge in [-0.3, -0.25) is 15.8 Å². The Balaban J connectivity index is 3.06. The summed E-state index contributed by atoms with van der Waals surface area (Å²) in [7, 11) is 3.45. The highest BCUT2D eigenvalue weighted by Gasteiger charge is 2.17. The third kappa shape index (κ3) is 6.25. The summed E-state index contributed by atoms with van der Waals surface area (Å²) in [6.45, 7) is 3.87. The molecule has 1 rings (SSSR count). The van der Waals surface area contributed by atoms with Gasteiger partial charge in [-0.2, -0.15) is 10.2 Å². The lowest BCUT2D eigenvalue weighted by atomic mass is 9.95. The average Bonchev–Trinajstić information content (AvgIpc) is 2.59. The molecule has 1 heterocycles. The largest absolute Gasteiger partial charge is 0.364 e. The predicted octanol–water partition coefficient (Wildman–Crippen LogP) is 1.10. The van der Waals surface area contributed by atoms with Crippen LogP contribution < -0.4 is 21.5 Å². The SMILES string of the molecule is CNC(=S)N/N=C(C)/C(=N/NC(=S)NC)C(C)c1cccnc1. The van der Waals surface area contributed by atoms with Crippen LogP contribution in [0.1, 0.15) is 25.3 Å². The van der Waals surface area contributed by atoms with Crippen LogP contribution in [0.4, 0.5) is 0 Å². The van der Waals surface area contributed by atoms with Gasteiger partial charge in [0.25, 0.3) is 0 Å². The molecule has 0 radical (unpaired) electrons. The van der Waals surface area contributed by atoms with Crippen molar-refractivity contribution in [2.45, 2.75) is 19.8 Å². The molecule has 0 aliphatic carbocycles. The highest BCUT2D eigenvalue weighted by molar-refractivity contribution is 7.80. The number of hydrogen-bond acceptors (Lipinski definition) is 5. The first-order chi connectivity index (χ1) is 11.0. The molecule has 0 fully saturated rings. The van der Waals surface area contributed by atoms with Gasteiger partial charge in [0, 0.05) is 32.4 Å². The Labute approximate surface area is 147 Å². The third-order valence-corrected chi connectivity index (χ3v) is 3.61. The van der Waals surface area contributed by atoms with Gasteiger partial charge in [0.15, 0.2) is 10.2 Å². The summed E-state index contributed by atoms with van der Waals surface area (Å²) < 4.78 is 0. The minimum absolute atomic E-state index is 0.0236. The first kappa shape index (κ1) is 18.9. The molecule has 0 aromatic carbocycles. The second-order valence-corrected chi connectivity index (χ2v) is 5.40. The monoisotopic (exact) mass is 351 g/mol. The number of nitrogens with one attached hydrogen (secondary N) is 4. The Bertz CT molecular complexity index is 598. The van der Waals surface area contributed by atoms with Crippen molar-refractivity contribution >= 4 is 46.1 Å². The molecule has 0 spiro atoms. The smallest absolute Gasteiger partial charge is 0.186 e. The van der Waals surface area contributed by atoms with Crippen molar-refractivity contribution in [1.29, 1.82) is 0 Å². The maximum absolute atomic E-state index is 5.06. The van der Waals surface area contributed by atoms with Crippen molar-refractivity contribution in [3.8, 4) is 0 Å². The highest BCUT2D eigenvalue weighted by Crippen LogP contribution is 2.16. The molecule has 0 amide bonds. The van der Waals surface area contributed by atoms with Crippen molar-refractivity contribution in [2.75, 3.05) is 14.1 Å². The van der Waals surface area contributed by atoms with E-state index in [-0.39, 0.29) is 5.92 Å². The number of hydrazone groups is 2. The third-order valence-electron chi connectivity index (χ3n) is 3.02. The van der Waals surface area contributed by atoms with Gasteiger partial charge in [-0.15, -0.1) is 0 Å². The van der Waals surface area contributed by atoms with Gasteiger partial charge in [-0.1, -0.05) is 13.0 Å². The van der Waals surface area contributed by atoms with Crippen LogP contribution in [-0.4, -0.2) is 40.7 Å². The van der Waals surface area contributed by atoms with Crippen molar-refractivity contribution < 1.29 is 0 Å². The van der Waals surface area contributed by atoms with E-state index in [1.165, 1.54) is 0 Å². The summed E-state index contributed by atoms with van der Waals surface area (Å²) in [4.78, 5) is 4.15. The van der Waals surface area contributed by atoms with E-state index in [0.29, 0.717) is 15.9 Å². The molecule has 0 aliphatic rings. The maximum atomic E-state index is 5.06. The summed E-state index contributed by atoms with van der Waals surface area (Å²) >= 11 is 10.1. The van der Waals surface area contributed by atoms with Gasteiger partial charge >= 0.3 is 0 Å². The van der Waals surface area contributed by atoms with Crippen molar-refractivity contribution in [2.24, 2.45) is 10.2 Å². The van der Waals surface area contributed by atoms with E-state index in [2.05, 4.69) is 36.7 Å². The first-order valence-electron chi connectivity index (χ1n) is 6.97. The zero-order chi connectivity index (χ0) is 17.2. The van der Waals surface area contributed by atoms with Gasteiger partial charge in [-0.25, -0.2) is 0 Å². The summed E-state index contributed by atoms with van der Waals surface area (Å²) in [5.41, 5.74) is 7.98. The van der Waals surface area contributed by atoms with E-state index in [9.17, 15) is 0 Å². The molecule has 0 bridgehead atoms. The van der Waals surface area contributed by atoms with Crippen molar-refractivity contribution in [3.63, 3.8) is 0 Å². The van der Waals surface area contributed by atoms with Gasteiger partial charge in [-0.05, 0) is 43.0 Å². The van der Waals surface area contributed by atoms with E-state index >= 15 is 0 Å². The number of hydrogen-bond donors (Lipinski definition) is 4. The quantitative estimate of drug-likeness (QED) is 0.359. The van der Waals surface area contributed by atoms with E-state index in [1.807, 2.05) is 26.0 Å². The van der Waals surface area contributed by atoms with E-state index in [0.717, 1.165) is 11.3 Å². The molecule has 4 N–H and O–H groups in total. The molecule has 1 unspecified atom stereocenters. The second-order valence-electron chi connectivity index (χ2n) is 4.58. The molecule has 0 saturated heterocycles. The number of rotatable bonds is 5. The molecule has 1 aromatic rings. The number of pyridine rings is 1. The molecule has 1 atom stereocenters. The molecule has 124 valence electrons. The summed E-state index contributed by atoms with van der Waals surface area (Å²) in [5.74, 6) is -0.0236. The van der Waals surface area contributed by atoms with Gasteiger partial charge in [0.2, 0.25) is 0 Å². The lowest BCUT2D eigenvalue weighted by Gasteiger charge is -2.15. The fraction of sp³-hybridized carbons (Fsp3) is 0.357. The summed E-state index contributed by atoms with van der Waals surface area (Å²) in [6, 6.07) is 3.87. The van der Waals surface area contributed by atoms with Crippen LogP contribution in [0.3, 0.4) is 0 Å². The normalized spacial score (nSPS) is 13.0. The van der Waals surface area contributed by atoms with E-state index in [1.54, 1.807) is 26.5 Å². The fourth-order valence-electron chi connectivity index (χ4n) is 1.70. The predicted molar refractivity (Wildman–Crippen MR) is 103 cm³/mol. The molecular weight excluding hydrogens is 330 g/mol. The molecule has 0 aliphatic heterocycles. The van der Waals surface area contributed by atoms with Gasteiger partial charge < -0.3 is 10.6 Å². The number of thiocarbonyl (C=S) groups is 2. The standard InChI is InChI=1S/C14H21N7S2/c1-9(11-6-5-7-17-8-11)12(19-21-14(23)16-4)10(2)18-20-13(22)15-3/h5-9H,1-4H3,(H2,15,20,22)(H2,16,21,23)/b18-10+,19-12+. The zero-order valence-corrected chi connectivity index (χ0v) is 15.2. The molecule has 7 nitrogen and oxygen atoms in total. The minimum atomic E-state index is -0.0236. The Kier molecular flexibility index (Phi) is 8.06. The van der Waals surface area contributed by atoms with Crippen molar-refractivity contribution in [3.05, 3.63) is 30.1 Å². The van der Waals surface area contributed by atoms with Crippen LogP contribution in [0.5, 0.6) is 0 Å². The molecular formula is C14H21N7S2. The second kappa shape index (κ2) is 9.80. The minimum Gasteiger partial charge on any atom is -0.364 e. The van der Waals surface area contributed by atoms with Crippen LogP contribution in [-0.2, 0) is 0 Å². The molecule has 9 heteroatoms. The zero-order valence-electron chi connectivity index (χ0n) is 13.5. The van der Waals surface area contributed by atoms with Crippen LogP contribution in [0.2, 0.25) is 0 Å². The Hall–Kier alpha value is -2.13. The fourth-order valence-corrected chi connectivity index (χ4v) is 1.79. The van der Waals surface area contributed by atoms with Crippen LogP contribution >= 0.6 is 24.4 Å². The summed E-state index contributed by atoms with van der Waals surface area (Å²) in [5, 5.41) is 15.1. The lowest BCUT2D eigenvalue weighted by Crippen LogP contribution is -2.33. The van der Waals surface area contributed by atoms with Crippen LogP contribution in [0.25, 0.3) is 0 Å². The first-order valence-corrected chi connectivity index (χ1v) is 7.78. The maximum Gasteiger partial charge on any atom is 0.186 e. The van der Waals surface area contributed by atoms with Crippen molar-refractivity contribution in [1.82, 2.24) is 26.5 Å². The number of nitrogens with zero attached hydrogens (tertiary/aromatic N) is 3. The summed E-state index contributed by atoms with van der Waals surface area (Å²) in [6.07, 6.45) is 3.53. The Morgan fingerprint density at radius 3 is 2.26 bits per heavy atom. The molecule has 0 saturated carbocycles. The van der Waals surface area contributed by atoms with E-state index in [4.69, 9.17) is 24.4 Å². The highest BCUT2D eigenvalue weighted by atomic mass is 32.1. The Morgan fingerprint density at radius 1 is 1.13 bits per heavy atom. The average molecular weight is 352 g/mol. The lowest BCUT2D eigenvalue weighted by molar-refractivity contribution is 0.927. The topological polar surface area (TPSA) is 85.7 Å². The van der Waals surface area contributed by atoms with E-state index < -0.39 is 0 Å².